The standard InChI is InChI=1S/C16H19N5O/c22-16(19-15-9-13-5-2-8-21(13)20-15)18-14-7-6-12(10-17-14)11-3-1-4-11/h6-7,9-11H,1-5,8H2,(H2,17,18,19,20,22). The molecule has 0 aromatic carbocycles. The van der Waals surface area contributed by atoms with Gasteiger partial charge in [0.2, 0.25) is 0 Å². The Morgan fingerprint density at radius 1 is 1.18 bits per heavy atom. The van der Waals surface area contributed by atoms with Gasteiger partial charge in [-0.1, -0.05) is 12.5 Å². The summed E-state index contributed by atoms with van der Waals surface area (Å²) in [6, 6.07) is 5.54. The van der Waals surface area contributed by atoms with Crippen molar-refractivity contribution >= 4 is 17.7 Å². The van der Waals surface area contributed by atoms with Crippen LogP contribution in [0.5, 0.6) is 0 Å². The van der Waals surface area contributed by atoms with Crippen LogP contribution in [0.4, 0.5) is 16.4 Å². The van der Waals surface area contributed by atoms with Gasteiger partial charge in [-0.15, -0.1) is 0 Å². The first-order valence-electron chi connectivity index (χ1n) is 7.88. The van der Waals surface area contributed by atoms with Gasteiger partial charge in [-0.05, 0) is 43.2 Å². The number of nitrogens with one attached hydrogen (secondary N) is 2. The lowest BCUT2D eigenvalue weighted by Crippen LogP contribution is -2.20. The summed E-state index contributed by atoms with van der Waals surface area (Å²) in [7, 11) is 0. The molecule has 1 aliphatic carbocycles. The Morgan fingerprint density at radius 2 is 2.05 bits per heavy atom. The van der Waals surface area contributed by atoms with Crippen LogP contribution in [0.3, 0.4) is 0 Å². The van der Waals surface area contributed by atoms with Crippen molar-refractivity contribution in [3.63, 3.8) is 0 Å². The van der Waals surface area contributed by atoms with Crippen LogP contribution in [0, 0.1) is 0 Å². The molecule has 22 heavy (non-hydrogen) atoms. The molecular formula is C16H19N5O. The van der Waals surface area contributed by atoms with Gasteiger partial charge >= 0.3 is 6.03 Å². The number of amides is 2. The van der Waals surface area contributed by atoms with Crippen molar-refractivity contribution in [1.29, 1.82) is 0 Å². The van der Waals surface area contributed by atoms with E-state index in [4.69, 9.17) is 0 Å². The molecule has 1 fully saturated rings. The third-order valence-corrected chi connectivity index (χ3v) is 4.51. The molecule has 6 nitrogen and oxygen atoms in total. The Morgan fingerprint density at radius 3 is 2.73 bits per heavy atom. The molecular weight excluding hydrogens is 278 g/mol. The van der Waals surface area contributed by atoms with Crippen LogP contribution in [-0.4, -0.2) is 20.8 Å². The zero-order valence-corrected chi connectivity index (χ0v) is 12.4. The summed E-state index contributed by atoms with van der Waals surface area (Å²) in [5.74, 6) is 1.81. The number of rotatable bonds is 3. The van der Waals surface area contributed by atoms with Gasteiger partial charge in [-0.3, -0.25) is 15.3 Å². The molecule has 2 amide bonds. The predicted molar refractivity (Wildman–Crippen MR) is 84.0 cm³/mol. The molecule has 0 unspecified atom stereocenters. The van der Waals surface area contributed by atoms with E-state index in [9.17, 15) is 4.79 Å². The van der Waals surface area contributed by atoms with E-state index < -0.39 is 0 Å². The fourth-order valence-corrected chi connectivity index (χ4v) is 3.05. The van der Waals surface area contributed by atoms with Crippen LogP contribution in [0.25, 0.3) is 0 Å². The third-order valence-electron chi connectivity index (χ3n) is 4.51. The molecule has 2 aromatic rings. The Hall–Kier alpha value is -2.37. The normalized spacial score (nSPS) is 16.9. The number of pyridine rings is 1. The number of fused-ring (bicyclic) bond motifs is 1. The first kappa shape index (κ1) is 13.3. The first-order valence-corrected chi connectivity index (χ1v) is 7.88. The average molecular weight is 297 g/mol. The van der Waals surface area contributed by atoms with Crippen LogP contribution >= 0.6 is 0 Å². The van der Waals surface area contributed by atoms with Crippen molar-refractivity contribution in [3.8, 4) is 0 Å². The third kappa shape index (κ3) is 2.56. The number of hydrogen-bond acceptors (Lipinski definition) is 3. The topological polar surface area (TPSA) is 71.8 Å². The molecule has 2 N–H and O–H groups in total. The Bertz CT molecular complexity index is 666. The van der Waals surface area contributed by atoms with E-state index in [1.165, 1.54) is 30.5 Å². The summed E-state index contributed by atoms with van der Waals surface area (Å²) in [6.07, 6.45) is 7.83. The van der Waals surface area contributed by atoms with Gasteiger partial charge in [0, 0.05) is 24.5 Å². The molecule has 1 aliphatic heterocycles. The minimum absolute atomic E-state index is 0.305. The summed E-state index contributed by atoms with van der Waals surface area (Å²) < 4.78 is 1.95. The van der Waals surface area contributed by atoms with Crippen LogP contribution in [0.2, 0.25) is 0 Å². The van der Waals surface area contributed by atoms with Gasteiger partial charge in [0.1, 0.15) is 5.82 Å². The van der Waals surface area contributed by atoms with E-state index in [2.05, 4.69) is 26.8 Å². The fourth-order valence-electron chi connectivity index (χ4n) is 3.05. The van der Waals surface area contributed by atoms with Gasteiger partial charge in [0.15, 0.2) is 5.82 Å². The zero-order chi connectivity index (χ0) is 14.9. The number of aryl methyl sites for hydroxylation is 2. The number of carbonyl (C=O) groups is 1. The van der Waals surface area contributed by atoms with Gasteiger partial charge in [-0.2, -0.15) is 5.10 Å². The van der Waals surface area contributed by atoms with Gasteiger partial charge < -0.3 is 0 Å². The maximum Gasteiger partial charge on any atom is 0.326 e. The number of urea groups is 1. The van der Waals surface area contributed by atoms with E-state index in [-0.39, 0.29) is 6.03 Å². The molecule has 0 radical (unpaired) electrons. The highest BCUT2D eigenvalue weighted by atomic mass is 16.2. The Balaban J connectivity index is 1.36. The lowest BCUT2D eigenvalue weighted by atomic mass is 9.81. The van der Waals surface area contributed by atoms with Crippen LogP contribution in [0.15, 0.2) is 24.4 Å². The van der Waals surface area contributed by atoms with Gasteiger partial charge in [-0.25, -0.2) is 9.78 Å². The number of anilines is 2. The molecule has 0 spiro atoms. The maximum absolute atomic E-state index is 12.0. The smallest absolute Gasteiger partial charge is 0.292 e. The highest BCUT2D eigenvalue weighted by Crippen LogP contribution is 2.36. The number of hydrogen-bond donors (Lipinski definition) is 2. The number of aromatic nitrogens is 3. The summed E-state index contributed by atoms with van der Waals surface area (Å²) in [5.41, 5.74) is 2.45. The molecule has 114 valence electrons. The van der Waals surface area contributed by atoms with Crippen LogP contribution in [-0.2, 0) is 13.0 Å². The predicted octanol–water partition coefficient (Wildman–Crippen LogP) is 3.14. The Kier molecular flexibility index (Phi) is 3.29. The molecule has 3 heterocycles. The second kappa shape index (κ2) is 5.44. The van der Waals surface area contributed by atoms with Gasteiger partial charge in [0.05, 0.1) is 0 Å². The summed E-state index contributed by atoms with van der Waals surface area (Å²) in [6.45, 7) is 0.933. The van der Waals surface area contributed by atoms with Gasteiger partial charge in [0.25, 0.3) is 0 Å². The summed E-state index contributed by atoms with van der Waals surface area (Å²) in [5, 5.41) is 9.86. The van der Waals surface area contributed by atoms with E-state index >= 15 is 0 Å². The number of carbonyl (C=O) groups excluding carboxylic acids is 1. The van der Waals surface area contributed by atoms with E-state index in [0.717, 1.165) is 19.4 Å². The molecule has 0 atom stereocenters. The fraction of sp³-hybridized carbons (Fsp3) is 0.438. The first-order chi connectivity index (χ1) is 10.8. The monoisotopic (exact) mass is 297 g/mol. The molecule has 4 rings (SSSR count). The quantitative estimate of drug-likeness (QED) is 0.914. The van der Waals surface area contributed by atoms with Crippen LogP contribution < -0.4 is 10.6 Å². The molecule has 1 saturated carbocycles. The van der Waals surface area contributed by atoms with Crippen molar-refractivity contribution < 1.29 is 4.79 Å². The molecule has 2 aliphatic rings. The van der Waals surface area contributed by atoms with E-state index in [0.29, 0.717) is 17.6 Å². The van der Waals surface area contributed by atoms with Crippen molar-refractivity contribution in [3.05, 3.63) is 35.7 Å². The van der Waals surface area contributed by atoms with E-state index in [1.807, 2.05) is 23.0 Å². The summed E-state index contributed by atoms with van der Waals surface area (Å²) in [4.78, 5) is 16.3. The van der Waals surface area contributed by atoms with Crippen molar-refractivity contribution in [2.45, 2.75) is 44.6 Å². The van der Waals surface area contributed by atoms with Crippen molar-refractivity contribution in [2.24, 2.45) is 0 Å². The summed E-state index contributed by atoms with van der Waals surface area (Å²) >= 11 is 0. The lowest BCUT2D eigenvalue weighted by molar-refractivity contribution is 0.262. The molecule has 2 aromatic heterocycles. The van der Waals surface area contributed by atoms with E-state index in [1.54, 1.807) is 0 Å². The van der Waals surface area contributed by atoms with Crippen molar-refractivity contribution in [1.82, 2.24) is 14.8 Å². The van der Waals surface area contributed by atoms with Crippen LogP contribution in [0.1, 0.15) is 42.9 Å². The zero-order valence-electron chi connectivity index (χ0n) is 12.4. The highest BCUT2D eigenvalue weighted by Gasteiger charge is 2.19. The molecule has 0 saturated heterocycles. The van der Waals surface area contributed by atoms with Crippen molar-refractivity contribution in [2.75, 3.05) is 10.6 Å². The molecule has 0 bridgehead atoms. The largest absolute Gasteiger partial charge is 0.326 e. The second-order valence-corrected chi connectivity index (χ2v) is 6.03. The molecule has 6 heteroatoms. The highest BCUT2D eigenvalue weighted by molar-refractivity contribution is 5.98. The second-order valence-electron chi connectivity index (χ2n) is 6.03. The maximum atomic E-state index is 12.0. The SMILES string of the molecule is O=C(Nc1ccc(C2CCC2)cn1)Nc1cc2n(n1)CCC2. The minimum atomic E-state index is -0.305. The average Bonchev–Trinajstić information content (AvgIpc) is 2.99. The number of nitrogens with zero attached hydrogens (tertiary/aromatic N) is 3. The Labute approximate surface area is 128 Å². The lowest BCUT2D eigenvalue weighted by Gasteiger charge is -2.25. The minimum Gasteiger partial charge on any atom is -0.292 e.